The van der Waals surface area contributed by atoms with Crippen LogP contribution in [-0.4, -0.2) is 24.4 Å². The Morgan fingerprint density at radius 2 is 2.16 bits per heavy atom. The van der Waals surface area contributed by atoms with Crippen molar-refractivity contribution in [1.82, 2.24) is 5.32 Å². The molecule has 1 rings (SSSR count). The van der Waals surface area contributed by atoms with E-state index in [1.807, 2.05) is 11.4 Å². The van der Waals surface area contributed by atoms with E-state index in [1.165, 1.54) is 20.1 Å². The standard InChI is InChI=1S/C12H12ClN3O3/c1-7(13)11(17)16-12(18)15-10-8(6-14)4-3-5-9(10)19-2/h3-5,7H,1-2H3,(H2,15,16,17,18). The van der Waals surface area contributed by atoms with Crippen LogP contribution < -0.4 is 15.4 Å². The third-order valence-electron chi connectivity index (χ3n) is 2.20. The molecule has 100 valence electrons. The zero-order valence-corrected chi connectivity index (χ0v) is 11.1. The van der Waals surface area contributed by atoms with Crippen LogP contribution in [0.3, 0.4) is 0 Å². The van der Waals surface area contributed by atoms with E-state index < -0.39 is 17.3 Å². The van der Waals surface area contributed by atoms with Crippen LogP contribution in [-0.2, 0) is 4.79 Å². The number of carbonyl (C=O) groups excluding carboxylic acids is 2. The van der Waals surface area contributed by atoms with Crippen LogP contribution in [0, 0.1) is 11.3 Å². The summed E-state index contributed by atoms with van der Waals surface area (Å²) in [5, 5.41) is 12.6. The second kappa shape index (κ2) is 6.61. The molecule has 0 aliphatic rings. The molecule has 1 atom stereocenters. The van der Waals surface area contributed by atoms with Crippen molar-refractivity contribution < 1.29 is 14.3 Å². The number of halogens is 1. The van der Waals surface area contributed by atoms with Gasteiger partial charge < -0.3 is 10.1 Å². The second-order valence-electron chi connectivity index (χ2n) is 3.55. The number of hydrogen-bond donors (Lipinski definition) is 2. The number of nitriles is 1. The lowest BCUT2D eigenvalue weighted by Crippen LogP contribution is -2.38. The van der Waals surface area contributed by atoms with Gasteiger partial charge in [0.15, 0.2) is 0 Å². The van der Waals surface area contributed by atoms with Gasteiger partial charge in [-0.3, -0.25) is 10.1 Å². The minimum absolute atomic E-state index is 0.194. The highest BCUT2D eigenvalue weighted by molar-refractivity contribution is 6.31. The Labute approximate surface area is 115 Å². The Kier molecular flexibility index (Phi) is 5.15. The summed E-state index contributed by atoms with van der Waals surface area (Å²) in [5.41, 5.74) is 0.417. The maximum absolute atomic E-state index is 11.6. The number of alkyl halides is 1. The molecule has 0 fully saturated rings. The van der Waals surface area contributed by atoms with E-state index in [-0.39, 0.29) is 11.3 Å². The Morgan fingerprint density at radius 3 is 2.68 bits per heavy atom. The van der Waals surface area contributed by atoms with Crippen LogP contribution in [0.4, 0.5) is 10.5 Å². The fourth-order valence-electron chi connectivity index (χ4n) is 1.28. The highest BCUT2D eigenvalue weighted by Gasteiger charge is 2.16. The molecule has 0 aliphatic heterocycles. The summed E-state index contributed by atoms with van der Waals surface area (Å²) in [6.07, 6.45) is 0. The molecule has 3 amide bonds. The summed E-state index contributed by atoms with van der Waals surface area (Å²) in [6, 6.07) is 5.86. The molecule has 0 aliphatic carbocycles. The SMILES string of the molecule is COc1cccc(C#N)c1NC(=O)NC(=O)C(C)Cl. The van der Waals surface area contributed by atoms with Gasteiger partial charge in [-0.2, -0.15) is 5.26 Å². The van der Waals surface area contributed by atoms with E-state index in [2.05, 4.69) is 5.32 Å². The summed E-state index contributed by atoms with van der Waals surface area (Å²) in [6.45, 7) is 1.44. The predicted molar refractivity (Wildman–Crippen MR) is 70.2 cm³/mol. The minimum atomic E-state index is -0.834. The number of carbonyl (C=O) groups is 2. The van der Waals surface area contributed by atoms with Crippen molar-refractivity contribution in [1.29, 1.82) is 5.26 Å². The maximum Gasteiger partial charge on any atom is 0.326 e. The van der Waals surface area contributed by atoms with E-state index in [9.17, 15) is 9.59 Å². The first-order chi connectivity index (χ1) is 8.99. The number of amides is 3. The average molecular weight is 282 g/mol. The molecule has 0 heterocycles. The van der Waals surface area contributed by atoms with Crippen molar-refractivity contribution in [3.63, 3.8) is 0 Å². The molecule has 1 unspecified atom stereocenters. The largest absolute Gasteiger partial charge is 0.495 e. The third-order valence-corrected chi connectivity index (χ3v) is 2.40. The first kappa shape index (κ1) is 14.8. The van der Waals surface area contributed by atoms with E-state index in [0.717, 1.165) is 0 Å². The summed E-state index contributed by atoms with van der Waals surface area (Å²) in [4.78, 5) is 22.8. The Hall–Kier alpha value is -2.26. The smallest absolute Gasteiger partial charge is 0.326 e. The zero-order chi connectivity index (χ0) is 14.4. The van der Waals surface area contributed by atoms with E-state index in [1.54, 1.807) is 12.1 Å². The van der Waals surface area contributed by atoms with Crippen molar-refractivity contribution >= 4 is 29.2 Å². The van der Waals surface area contributed by atoms with Gasteiger partial charge in [0.1, 0.15) is 22.9 Å². The highest BCUT2D eigenvalue weighted by Crippen LogP contribution is 2.27. The molecule has 1 aromatic carbocycles. The molecule has 6 nitrogen and oxygen atoms in total. The molecule has 1 aromatic rings. The fraction of sp³-hybridized carbons (Fsp3) is 0.250. The number of para-hydroxylation sites is 1. The lowest BCUT2D eigenvalue weighted by Gasteiger charge is -2.12. The van der Waals surface area contributed by atoms with Crippen molar-refractivity contribution in [2.45, 2.75) is 12.3 Å². The minimum Gasteiger partial charge on any atom is -0.495 e. The summed E-state index contributed by atoms with van der Waals surface area (Å²) in [5.74, 6) is -0.312. The number of rotatable bonds is 3. The molecular weight excluding hydrogens is 270 g/mol. The van der Waals surface area contributed by atoms with Gasteiger partial charge in [-0.05, 0) is 19.1 Å². The maximum atomic E-state index is 11.6. The van der Waals surface area contributed by atoms with Crippen molar-refractivity contribution in [2.24, 2.45) is 0 Å². The molecule has 7 heteroatoms. The first-order valence-electron chi connectivity index (χ1n) is 5.32. The van der Waals surface area contributed by atoms with E-state index in [0.29, 0.717) is 5.75 Å². The lowest BCUT2D eigenvalue weighted by molar-refractivity contribution is -0.119. The van der Waals surface area contributed by atoms with Crippen molar-refractivity contribution in [3.8, 4) is 11.8 Å². The second-order valence-corrected chi connectivity index (χ2v) is 4.21. The molecule has 19 heavy (non-hydrogen) atoms. The van der Waals surface area contributed by atoms with Gasteiger partial charge >= 0.3 is 6.03 Å². The van der Waals surface area contributed by atoms with Gasteiger partial charge in [-0.25, -0.2) is 4.79 Å². The molecular formula is C12H12ClN3O3. The van der Waals surface area contributed by atoms with Gasteiger partial charge in [0.2, 0.25) is 5.91 Å². The van der Waals surface area contributed by atoms with Gasteiger partial charge in [0, 0.05) is 0 Å². The fourth-order valence-corrected chi connectivity index (χ4v) is 1.33. The predicted octanol–water partition coefficient (Wildman–Crippen LogP) is 1.84. The van der Waals surface area contributed by atoms with E-state index >= 15 is 0 Å². The molecule has 2 N–H and O–H groups in total. The van der Waals surface area contributed by atoms with Gasteiger partial charge in [0.25, 0.3) is 0 Å². The van der Waals surface area contributed by atoms with Crippen molar-refractivity contribution in [2.75, 3.05) is 12.4 Å². The Balaban J connectivity index is 2.90. The van der Waals surface area contributed by atoms with Gasteiger partial charge in [-0.15, -0.1) is 11.6 Å². The Morgan fingerprint density at radius 1 is 1.47 bits per heavy atom. The number of imide groups is 1. The molecule has 0 bridgehead atoms. The van der Waals surface area contributed by atoms with Crippen molar-refractivity contribution in [3.05, 3.63) is 23.8 Å². The number of ether oxygens (including phenoxy) is 1. The van der Waals surface area contributed by atoms with Crippen LogP contribution in [0.5, 0.6) is 5.75 Å². The summed E-state index contributed by atoms with van der Waals surface area (Å²) >= 11 is 5.52. The summed E-state index contributed by atoms with van der Waals surface area (Å²) < 4.78 is 5.04. The highest BCUT2D eigenvalue weighted by atomic mass is 35.5. The number of benzene rings is 1. The van der Waals surface area contributed by atoms with Crippen LogP contribution in [0.25, 0.3) is 0 Å². The topological polar surface area (TPSA) is 91.2 Å². The van der Waals surface area contributed by atoms with Gasteiger partial charge in [0.05, 0.1) is 12.7 Å². The number of nitrogens with one attached hydrogen (secondary N) is 2. The van der Waals surface area contributed by atoms with Gasteiger partial charge in [-0.1, -0.05) is 6.07 Å². The number of nitrogens with zero attached hydrogens (tertiary/aromatic N) is 1. The zero-order valence-electron chi connectivity index (χ0n) is 10.4. The monoisotopic (exact) mass is 281 g/mol. The molecule has 0 aromatic heterocycles. The normalized spacial score (nSPS) is 11.1. The Bertz CT molecular complexity index is 538. The van der Waals surface area contributed by atoms with Crippen LogP contribution >= 0.6 is 11.6 Å². The quantitative estimate of drug-likeness (QED) is 0.827. The van der Waals surface area contributed by atoms with Crippen LogP contribution in [0.1, 0.15) is 12.5 Å². The lowest BCUT2D eigenvalue weighted by atomic mass is 10.2. The molecule has 0 saturated carbocycles. The van der Waals surface area contributed by atoms with Crippen LogP contribution in [0.15, 0.2) is 18.2 Å². The molecule has 0 saturated heterocycles. The average Bonchev–Trinajstić information content (AvgIpc) is 2.38. The first-order valence-corrected chi connectivity index (χ1v) is 5.76. The number of anilines is 1. The van der Waals surface area contributed by atoms with Crippen LogP contribution in [0.2, 0.25) is 0 Å². The number of urea groups is 1. The summed E-state index contributed by atoms with van der Waals surface area (Å²) in [7, 11) is 1.41. The molecule has 0 radical (unpaired) electrons. The van der Waals surface area contributed by atoms with E-state index in [4.69, 9.17) is 21.6 Å². The number of methoxy groups -OCH3 is 1. The number of hydrogen-bond acceptors (Lipinski definition) is 4. The molecule has 0 spiro atoms. The third kappa shape index (κ3) is 3.86.